The highest BCUT2D eigenvalue weighted by Gasteiger charge is 2.21. The summed E-state index contributed by atoms with van der Waals surface area (Å²) in [7, 11) is 1.35. The number of methoxy groups -OCH3 is 1. The van der Waals surface area contributed by atoms with Crippen LogP contribution in [0.15, 0.2) is 84.9 Å². The third-order valence-electron chi connectivity index (χ3n) is 7.01. The van der Waals surface area contributed by atoms with Crippen molar-refractivity contribution in [2.24, 2.45) is 0 Å². The molecule has 2 aromatic heterocycles. The quantitative estimate of drug-likeness (QED) is 0.212. The number of hydrogen-bond donors (Lipinski definition) is 2. The van der Waals surface area contributed by atoms with Crippen molar-refractivity contribution in [1.29, 1.82) is 0 Å². The Kier molecular flexibility index (Phi) is 9.13. The molecule has 0 bridgehead atoms. The van der Waals surface area contributed by atoms with Crippen LogP contribution in [0.4, 0.5) is 0 Å². The standard InChI is InChI=1S/C32H33N7O3/c1-3-9-26-20-29(32(41)33-25(19-30(40)42-2)18-22-10-5-4-6-11-22)36-39(26)21-23-14-16-24(17-15-23)27-12-7-8-13-28(27)31-34-37-38-35-31/h4-8,10-17,20,25H,3,9,18-19,21H2,1-2H3,(H,33,41)(H,34,35,37,38). The van der Waals surface area contributed by atoms with E-state index in [1.165, 1.54) is 7.11 Å². The highest BCUT2D eigenvalue weighted by atomic mass is 16.5. The fourth-order valence-electron chi connectivity index (χ4n) is 4.95. The average molecular weight is 564 g/mol. The van der Waals surface area contributed by atoms with E-state index in [-0.39, 0.29) is 18.3 Å². The minimum Gasteiger partial charge on any atom is -0.469 e. The molecule has 0 aliphatic carbocycles. The molecule has 10 heteroatoms. The van der Waals surface area contributed by atoms with Crippen LogP contribution < -0.4 is 5.32 Å². The van der Waals surface area contributed by atoms with Gasteiger partial charge in [0, 0.05) is 17.3 Å². The molecule has 2 N–H and O–H groups in total. The first-order valence-electron chi connectivity index (χ1n) is 13.9. The number of tetrazole rings is 1. The predicted molar refractivity (Wildman–Crippen MR) is 158 cm³/mol. The van der Waals surface area contributed by atoms with E-state index in [4.69, 9.17) is 4.74 Å². The molecule has 0 spiro atoms. The van der Waals surface area contributed by atoms with Crippen molar-refractivity contribution in [3.63, 3.8) is 0 Å². The summed E-state index contributed by atoms with van der Waals surface area (Å²) in [5, 5.41) is 22.1. The Balaban J connectivity index is 1.33. The maximum absolute atomic E-state index is 13.3. The molecule has 42 heavy (non-hydrogen) atoms. The number of carbonyl (C=O) groups excluding carboxylic acids is 2. The molecule has 1 atom stereocenters. The van der Waals surface area contributed by atoms with Gasteiger partial charge in [-0.05, 0) is 46.4 Å². The van der Waals surface area contributed by atoms with Crippen molar-refractivity contribution in [1.82, 2.24) is 35.7 Å². The van der Waals surface area contributed by atoms with Crippen LogP contribution in [0.5, 0.6) is 0 Å². The van der Waals surface area contributed by atoms with Gasteiger partial charge in [-0.15, -0.1) is 10.2 Å². The van der Waals surface area contributed by atoms with Crippen LogP contribution in [-0.4, -0.2) is 55.4 Å². The molecular formula is C32H33N7O3. The normalized spacial score (nSPS) is 11.7. The van der Waals surface area contributed by atoms with Gasteiger partial charge < -0.3 is 10.1 Å². The van der Waals surface area contributed by atoms with Gasteiger partial charge in [-0.2, -0.15) is 10.3 Å². The van der Waals surface area contributed by atoms with Crippen molar-refractivity contribution < 1.29 is 14.3 Å². The minimum atomic E-state index is -0.421. The number of amides is 1. The van der Waals surface area contributed by atoms with Crippen molar-refractivity contribution in [2.75, 3.05) is 7.11 Å². The molecule has 5 rings (SSSR count). The molecular weight excluding hydrogens is 530 g/mol. The highest BCUT2D eigenvalue weighted by molar-refractivity contribution is 5.93. The van der Waals surface area contributed by atoms with Gasteiger partial charge in [-0.25, -0.2) is 0 Å². The van der Waals surface area contributed by atoms with Gasteiger partial charge in [0.05, 0.1) is 20.1 Å². The first-order valence-corrected chi connectivity index (χ1v) is 13.9. The molecule has 1 unspecified atom stereocenters. The smallest absolute Gasteiger partial charge is 0.307 e. The number of hydrogen-bond acceptors (Lipinski definition) is 7. The molecule has 0 saturated carbocycles. The molecule has 2 heterocycles. The Morgan fingerprint density at radius 3 is 2.38 bits per heavy atom. The lowest BCUT2D eigenvalue weighted by molar-refractivity contribution is -0.141. The Labute approximate surface area is 244 Å². The molecule has 5 aromatic rings. The van der Waals surface area contributed by atoms with Gasteiger partial charge in [-0.3, -0.25) is 14.3 Å². The first-order chi connectivity index (χ1) is 20.5. The van der Waals surface area contributed by atoms with E-state index < -0.39 is 6.04 Å². The van der Waals surface area contributed by atoms with Gasteiger partial charge in [0.25, 0.3) is 5.91 Å². The number of aryl methyl sites for hydroxylation is 1. The number of rotatable bonds is 12. The van der Waals surface area contributed by atoms with E-state index in [1.54, 1.807) is 0 Å². The van der Waals surface area contributed by atoms with E-state index in [0.29, 0.717) is 24.5 Å². The Morgan fingerprint density at radius 1 is 0.952 bits per heavy atom. The van der Waals surface area contributed by atoms with Gasteiger partial charge >= 0.3 is 5.97 Å². The molecule has 0 aliphatic heterocycles. The third-order valence-corrected chi connectivity index (χ3v) is 7.01. The zero-order valence-corrected chi connectivity index (χ0v) is 23.7. The van der Waals surface area contributed by atoms with Crippen LogP contribution >= 0.6 is 0 Å². The Bertz CT molecular complexity index is 1610. The second-order valence-corrected chi connectivity index (χ2v) is 10.0. The molecule has 214 valence electrons. The zero-order chi connectivity index (χ0) is 29.3. The van der Waals surface area contributed by atoms with Gasteiger partial charge in [0.15, 0.2) is 0 Å². The number of carbonyl (C=O) groups is 2. The number of benzene rings is 3. The fraction of sp³-hybridized carbons (Fsp3) is 0.250. The van der Waals surface area contributed by atoms with E-state index in [0.717, 1.165) is 46.4 Å². The summed E-state index contributed by atoms with van der Waals surface area (Å²) in [4.78, 5) is 25.4. The lowest BCUT2D eigenvalue weighted by Crippen LogP contribution is -2.38. The first kappa shape index (κ1) is 28.4. The monoisotopic (exact) mass is 563 g/mol. The summed E-state index contributed by atoms with van der Waals surface area (Å²) in [5.41, 5.74) is 6.30. The van der Waals surface area contributed by atoms with Crippen molar-refractivity contribution in [2.45, 2.75) is 45.2 Å². The zero-order valence-electron chi connectivity index (χ0n) is 23.7. The lowest BCUT2D eigenvalue weighted by Gasteiger charge is -2.17. The van der Waals surface area contributed by atoms with E-state index in [2.05, 4.69) is 62.2 Å². The minimum absolute atomic E-state index is 0.0713. The molecule has 0 radical (unpaired) electrons. The maximum atomic E-state index is 13.3. The number of esters is 1. The molecule has 10 nitrogen and oxygen atoms in total. The van der Waals surface area contributed by atoms with Crippen molar-refractivity contribution in [3.05, 3.63) is 107 Å². The summed E-state index contributed by atoms with van der Waals surface area (Å²) in [5.74, 6) is -0.153. The number of aromatic nitrogens is 6. The number of nitrogens with zero attached hydrogens (tertiary/aromatic N) is 5. The van der Waals surface area contributed by atoms with Crippen molar-refractivity contribution in [3.8, 4) is 22.5 Å². The fourth-order valence-corrected chi connectivity index (χ4v) is 4.95. The number of ether oxygens (including phenoxy) is 1. The second-order valence-electron chi connectivity index (χ2n) is 10.0. The van der Waals surface area contributed by atoms with Crippen LogP contribution in [0.1, 0.15) is 47.1 Å². The van der Waals surface area contributed by atoms with Gasteiger partial charge in [0.2, 0.25) is 5.82 Å². The maximum Gasteiger partial charge on any atom is 0.307 e. The van der Waals surface area contributed by atoms with Crippen molar-refractivity contribution >= 4 is 11.9 Å². The highest BCUT2D eigenvalue weighted by Crippen LogP contribution is 2.30. The number of aromatic amines is 1. The predicted octanol–water partition coefficient (Wildman–Crippen LogP) is 4.64. The lowest BCUT2D eigenvalue weighted by atomic mass is 9.98. The van der Waals surface area contributed by atoms with Crippen LogP contribution in [-0.2, 0) is 28.9 Å². The largest absolute Gasteiger partial charge is 0.469 e. The second kappa shape index (κ2) is 13.5. The van der Waals surface area contributed by atoms with E-state index in [9.17, 15) is 9.59 Å². The van der Waals surface area contributed by atoms with Gasteiger partial charge in [-0.1, -0.05) is 92.2 Å². The van der Waals surface area contributed by atoms with Gasteiger partial charge in [0.1, 0.15) is 5.69 Å². The molecule has 1 amide bonds. The van der Waals surface area contributed by atoms with Crippen LogP contribution in [0.25, 0.3) is 22.5 Å². The van der Waals surface area contributed by atoms with Crippen LogP contribution in [0.3, 0.4) is 0 Å². The third kappa shape index (κ3) is 6.95. The Hall–Kier alpha value is -5.12. The van der Waals surface area contributed by atoms with Crippen LogP contribution in [0, 0.1) is 0 Å². The molecule has 0 aliphatic rings. The number of H-pyrrole nitrogens is 1. The topological polar surface area (TPSA) is 128 Å². The van der Waals surface area contributed by atoms with E-state index >= 15 is 0 Å². The summed E-state index contributed by atoms with van der Waals surface area (Å²) in [6, 6.07) is 27.3. The Morgan fingerprint density at radius 2 is 1.69 bits per heavy atom. The van der Waals surface area contributed by atoms with E-state index in [1.807, 2.05) is 65.3 Å². The average Bonchev–Trinajstić information content (AvgIpc) is 3.69. The summed E-state index contributed by atoms with van der Waals surface area (Å²) in [6.45, 7) is 2.62. The molecule has 0 fully saturated rings. The summed E-state index contributed by atoms with van der Waals surface area (Å²) >= 11 is 0. The number of nitrogens with one attached hydrogen (secondary N) is 2. The molecule has 0 saturated heterocycles. The SMILES string of the molecule is CCCc1cc(C(=O)NC(CC(=O)OC)Cc2ccccc2)nn1Cc1ccc(-c2ccccc2-c2nn[nH]n2)cc1. The van der Waals surface area contributed by atoms with Crippen LogP contribution in [0.2, 0.25) is 0 Å². The molecule has 3 aromatic carbocycles. The summed E-state index contributed by atoms with van der Waals surface area (Å²) in [6.07, 6.45) is 2.28. The summed E-state index contributed by atoms with van der Waals surface area (Å²) < 4.78 is 6.75.